The van der Waals surface area contributed by atoms with Gasteiger partial charge in [-0.2, -0.15) is 0 Å². The molecule has 0 spiro atoms. The molecule has 0 atom stereocenters. The van der Waals surface area contributed by atoms with Crippen LogP contribution in [0, 0.1) is 0 Å². The molecule has 6 nitrogen and oxygen atoms in total. The molecular weight excluding hydrogens is 293 g/mol. The lowest BCUT2D eigenvalue weighted by atomic mass is 10.2. The quantitative estimate of drug-likeness (QED) is 0.889. The van der Waals surface area contributed by atoms with Gasteiger partial charge in [0.1, 0.15) is 5.82 Å². The third-order valence-corrected chi connectivity index (χ3v) is 2.83. The summed E-state index contributed by atoms with van der Waals surface area (Å²) in [5.41, 5.74) is -0.0878. The number of aromatic amines is 1. The first-order chi connectivity index (χ1) is 9.01. The summed E-state index contributed by atoms with van der Waals surface area (Å²) < 4.78 is 4.79. The maximum absolute atomic E-state index is 11.8. The SMILES string of the molecule is CNC(=O)OCc1nc2c(Cl)cc(Cl)cc2c(=O)[nH]1. The lowest BCUT2D eigenvalue weighted by Crippen LogP contribution is -2.21. The molecule has 2 N–H and O–H groups in total. The summed E-state index contributed by atoms with van der Waals surface area (Å²) in [4.78, 5) is 29.4. The second-order valence-corrected chi connectivity index (χ2v) is 4.47. The van der Waals surface area contributed by atoms with Crippen molar-refractivity contribution < 1.29 is 9.53 Å². The van der Waals surface area contributed by atoms with Gasteiger partial charge in [-0.05, 0) is 12.1 Å². The van der Waals surface area contributed by atoms with Crippen LogP contribution in [0.5, 0.6) is 0 Å². The Morgan fingerprint density at radius 2 is 2.21 bits per heavy atom. The minimum atomic E-state index is -0.620. The van der Waals surface area contributed by atoms with Crippen LogP contribution in [0.2, 0.25) is 10.0 Å². The number of hydrogen-bond donors (Lipinski definition) is 2. The van der Waals surface area contributed by atoms with Gasteiger partial charge in [-0.3, -0.25) is 4.79 Å². The van der Waals surface area contributed by atoms with Gasteiger partial charge in [0.05, 0.1) is 15.9 Å². The highest BCUT2D eigenvalue weighted by Crippen LogP contribution is 2.24. The number of fused-ring (bicyclic) bond motifs is 1. The number of amides is 1. The molecule has 8 heteroatoms. The first-order valence-corrected chi connectivity index (χ1v) is 5.99. The Hall–Kier alpha value is -1.79. The van der Waals surface area contributed by atoms with E-state index in [1.54, 1.807) is 0 Å². The molecule has 0 fully saturated rings. The van der Waals surface area contributed by atoms with E-state index in [2.05, 4.69) is 15.3 Å². The number of carbonyl (C=O) groups excluding carboxylic acids is 1. The third-order valence-electron chi connectivity index (χ3n) is 2.32. The van der Waals surface area contributed by atoms with Gasteiger partial charge in [0, 0.05) is 12.1 Å². The molecule has 2 aromatic rings. The zero-order chi connectivity index (χ0) is 14.0. The number of H-pyrrole nitrogens is 1. The summed E-state index contributed by atoms with van der Waals surface area (Å²) >= 11 is 11.8. The molecule has 0 aliphatic heterocycles. The molecule has 1 aromatic carbocycles. The Morgan fingerprint density at radius 3 is 2.89 bits per heavy atom. The fourth-order valence-corrected chi connectivity index (χ4v) is 2.02. The van der Waals surface area contributed by atoms with Crippen LogP contribution in [0.4, 0.5) is 4.79 Å². The minimum Gasteiger partial charge on any atom is -0.441 e. The van der Waals surface area contributed by atoms with E-state index < -0.39 is 11.7 Å². The molecular formula is C11H9Cl2N3O3. The Bertz CT molecular complexity index is 699. The molecule has 19 heavy (non-hydrogen) atoms. The van der Waals surface area contributed by atoms with Crippen LogP contribution in [0.3, 0.4) is 0 Å². The van der Waals surface area contributed by atoms with E-state index in [0.29, 0.717) is 10.5 Å². The highest BCUT2D eigenvalue weighted by molar-refractivity contribution is 6.38. The summed E-state index contributed by atoms with van der Waals surface area (Å²) in [6.07, 6.45) is -0.620. The Labute approximate surface area is 117 Å². The Morgan fingerprint density at radius 1 is 1.47 bits per heavy atom. The molecule has 0 unspecified atom stereocenters. The number of halogens is 2. The molecule has 0 bridgehead atoms. The van der Waals surface area contributed by atoms with E-state index >= 15 is 0 Å². The van der Waals surface area contributed by atoms with E-state index in [0.717, 1.165) is 0 Å². The highest BCUT2D eigenvalue weighted by atomic mass is 35.5. The van der Waals surface area contributed by atoms with Gasteiger partial charge in [-0.15, -0.1) is 0 Å². The Balaban J connectivity index is 2.44. The van der Waals surface area contributed by atoms with Crippen LogP contribution >= 0.6 is 23.2 Å². The normalized spacial score (nSPS) is 10.5. The Kier molecular flexibility index (Phi) is 3.92. The van der Waals surface area contributed by atoms with Gasteiger partial charge in [0.15, 0.2) is 6.61 Å². The van der Waals surface area contributed by atoms with Crippen molar-refractivity contribution in [3.8, 4) is 0 Å². The molecule has 100 valence electrons. The van der Waals surface area contributed by atoms with Gasteiger partial charge in [-0.25, -0.2) is 9.78 Å². The van der Waals surface area contributed by atoms with Crippen LogP contribution in [0.25, 0.3) is 10.9 Å². The molecule has 2 rings (SSSR count). The molecule has 0 saturated heterocycles. The summed E-state index contributed by atoms with van der Waals surface area (Å²) in [5, 5.41) is 3.17. The van der Waals surface area contributed by atoms with Gasteiger partial charge >= 0.3 is 6.09 Å². The molecule has 0 aliphatic rings. The predicted octanol–water partition coefficient (Wildman–Crippen LogP) is 2.09. The lowest BCUT2D eigenvalue weighted by molar-refractivity contribution is 0.139. The lowest BCUT2D eigenvalue weighted by Gasteiger charge is -2.05. The molecule has 0 aliphatic carbocycles. The van der Waals surface area contributed by atoms with Crippen molar-refractivity contribution in [3.63, 3.8) is 0 Å². The van der Waals surface area contributed by atoms with Crippen molar-refractivity contribution in [1.29, 1.82) is 0 Å². The number of nitrogens with zero attached hydrogens (tertiary/aromatic N) is 1. The van der Waals surface area contributed by atoms with Gasteiger partial charge in [0.2, 0.25) is 0 Å². The van der Waals surface area contributed by atoms with Crippen LogP contribution < -0.4 is 10.9 Å². The number of nitrogens with one attached hydrogen (secondary N) is 2. The zero-order valence-corrected chi connectivity index (χ0v) is 11.3. The van der Waals surface area contributed by atoms with Crippen LogP contribution in [-0.4, -0.2) is 23.1 Å². The van der Waals surface area contributed by atoms with Crippen molar-refractivity contribution in [2.24, 2.45) is 0 Å². The van der Waals surface area contributed by atoms with Gasteiger partial charge in [-0.1, -0.05) is 23.2 Å². The smallest absolute Gasteiger partial charge is 0.407 e. The summed E-state index contributed by atoms with van der Waals surface area (Å²) in [7, 11) is 1.43. The maximum atomic E-state index is 11.8. The van der Waals surface area contributed by atoms with Crippen LogP contribution in [0.1, 0.15) is 5.82 Å². The molecule has 1 heterocycles. The number of carbonyl (C=O) groups is 1. The summed E-state index contributed by atoms with van der Waals surface area (Å²) in [5.74, 6) is 0.199. The number of benzene rings is 1. The average Bonchev–Trinajstić information content (AvgIpc) is 2.37. The average molecular weight is 302 g/mol. The number of ether oxygens (including phenoxy) is 1. The van der Waals surface area contributed by atoms with E-state index in [9.17, 15) is 9.59 Å². The largest absolute Gasteiger partial charge is 0.441 e. The second-order valence-electron chi connectivity index (χ2n) is 3.62. The van der Waals surface area contributed by atoms with E-state index in [-0.39, 0.29) is 22.8 Å². The number of hydrogen-bond acceptors (Lipinski definition) is 4. The maximum Gasteiger partial charge on any atom is 0.407 e. The fraction of sp³-hybridized carbons (Fsp3) is 0.182. The van der Waals surface area contributed by atoms with E-state index in [1.165, 1.54) is 19.2 Å². The van der Waals surface area contributed by atoms with Crippen LogP contribution in [-0.2, 0) is 11.3 Å². The van der Waals surface area contributed by atoms with Gasteiger partial charge in [0.25, 0.3) is 5.56 Å². The van der Waals surface area contributed by atoms with Crippen molar-refractivity contribution in [2.45, 2.75) is 6.61 Å². The monoisotopic (exact) mass is 301 g/mol. The van der Waals surface area contributed by atoms with Crippen molar-refractivity contribution >= 4 is 40.2 Å². The molecule has 1 aromatic heterocycles. The zero-order valence-electron chi connectivity index (χ0n) is 9.79. The standard InChI is InChI=1S/C11H9Cl2N3O3/c1-14-11(18)19-4-8-15-9-6(10(17)16-8)2-5(12)3-7(9)13/h2-3H,4H2,1H3,(H,14,18)(H,15,16,17). The molecule has 1 amide bonds. The summed E-state index contributed by atoms with van der Waals surface area (Å²) in [6.45, 7) is -0.163. The third kappa shape index (κ3) is 2.97. The second kappa shape index (κ2) is 5.46. The summed E-state index contributed by atoms with van der Waals surface area (Å²) in [6, 6.07) is 2.96. The van der Waals surface area contributed by atoms with Crippen molar-refractivity contribution in [2.75, 3.05) is 7.05 Å². The number of aromatic nitrogens is 2. The van der Waals surface area contributed by atoms with Gasteiger partial charge < -0.3 is 15.0 Å². The van der Waals surface area contributed by atoms with Crippen LogP contribution in [0.15, 0.2) is 16.9 Å². The first kappa shape index (κ1) is 13.6. The topological polar surface area (TPSA) is 84.1 Å². The minimum absolute atomic E-state index is 0.163. The predicted molar refractivity (Wildman–Crippen MR) is 71.6 cm³/mol. The first-order valence-electron chi connectivity index (χ1n) is 5.23. The van der Waals surface area contributed by atoms with Crippen molar-refractivity contribution in [3.05, 3.63) is 38.4 Å². The number of alkyl carbamates (subject to hydrolysis) is 1. The molecule has 0 saturated carbocycles. The molecule has 0 radical (unpaired) electrons. The fourth-order valence-electron chi connectivity index (χ4n) is 1.49. The van der Waals surface area contributed by atoms with E-state index in [1.807, 2.05) is 0 Å². The number of rotatable bonds is 2. The highest BCUT2D eigenvalue weighted by Gasteiger charge is 2.10. The van der Waals surface area contributed by atoms with E-state index in [4.69, 9.17) is 27.9 Å². The van der Waals surface area contributed by atoms with Crippen molar-refractivity contribution in [1.82, 2.24) is 15.3 Å².